The number of hydrogen-bond acceptors (Lipinski definition) is 3. The third-order valence-electron chi connectivity index (χ3n) is 3.31. The summed E-state index contributed by atoms with van der Waals surface area (Å²) in [6, 6.07) is 0.560. The topological polar surface area (TPSA) is 35.5 Å². The number of rotatable bonds is 9. The van der Waals surface area contributed by atoms with Gasteiger partial charge in [0, 0.05) is 12.6 Å². The van der Waals surface area contributed by atoms with Gasteiger partial charge in [-0.3, -0.25) is 0 Å². The fraction of sp³-hybridized carbons (Fsp3) is 1.00. The van der Waals surface area contributed by atoms with Crippen molar-refractivity contribution in [1.29, 1.82) is 0 Å². The van der Waals surface area contributed by atoms with Crippen LogP contribution in [0, 0.1) is 5.92 Å². The van der Waals surface area contributed by atoms with E-state index in [4.69, 9.17) is 0 Å². The lowest BCUT2D eigenvalue weighted by molar-refractivity contribution is 0.109. The number of nitrogens with zero attached hydrogens (tertiary/aromatic N) is 1. The van der Waals surface area contributed by atoms with E-state index in [0.717, 1.165) is 25.4 Å². The van der Waals surface area contributed by atoms with Crippen LogP contribution in [0.2, 0.25) is 0 Å². The van der Waals surface area contributed by atoms with Crippen LogP contribution in [0.4, 0.5) is 0 Å². The van der Waals surface area contributed by atoms with Crippen molar-refractivity contribution < 1.29 is 5.11 Å². The minimum atomic E-state index is -0.185. The third-order valence-corrected chi connectivity index (χ3v) is 3.31. The first-order valence-electron chi connectivity index (χ1n) is 6.90. The molecule has 2 N–H and O–H groups in total. The number of nitrogens with one attached hydrogen (secondary N) is 1. The molecule has 0 aromatic carbocycles. The van der Waals surface area contributed by atoms with Gasteiger partial charge in [-0.1, -0.05) is 20.8 Å². The molecule has 0 heterocycles. The predicted molar refractivity (Wildman–Crippen MR) is 75.3 cm³/mol. The lowest BCUT2D eigenvalue weighted by Gasteiger charge is -2.36. The molecule has 17 heavy (non-hydrogen) atoms. The first-order chi connectivity index (χ1) is 7.84. The van der Waals surface area contributed by atoms with E-state index in [1.54, 1.807) is 0 Å². The van der Waals surface area contributed by atoms with Gasteiger partial charge in [0.15, 0.2) is 0 Å². The molecule has 0 aliphatic heterocycles. The van der Waals surface area contributed by atoms with Crippen molar-refractivity contribution in [2.24, 2.45) is 5.92 Å². The second-order valence-corrected chi connectivity index (χ2v) is 6.04. The van der Waals surface area contributed by atoms with E-state index in [1.165, 1.54) is 6.42 Å². The molecule has 0 aliphatic carbocycles. The molecule has 0 saturated carbocycles. The van der Waals surface area contributed by atoms with Gasteiger partial charge in [-0.25, -0.2) is 0 Å². The fourth-order valence-electron chi connectivity index (χ4n) is 2.16. The first-order valence-corrected chi connectivity index (χ1v) is 6.90. The Morgan fingerprint density at radius 1 is 1.29 bits per heavy atom. The summed E-state index contributed by atoms with van der Waals surface area (Å²) in [6.45, 7) is 13.1. The Balaban J connectivity index is 4.25. The summed E-state index contributed by atoms with van der Waals surface area (Å²) in [5.74, 6) is 0.719. The number of aliphatic hydroxyl groups is 1. The number of likely N-dealkylation sites (N-methyl/N-ethyl adjacent to an activating group) is 1. The summed E-state index contributed by atoms with van der Waals surface area (Å²) in [5.41, 5.74) is -0.185. The largest absolute Gasteiger partial charge is 0.394 e. The van der Waals surface area contributed by atoms with E-state index in [0.29, 0.717) is 6.04 Å². The Kier molecular flexibility index (Phi) is 8.01. The molecule has 2 unspecified atom stereocenters. The SMILES string of the molecule is CCCNC(C)(CO)CN(C)C(C)CC(C)C. The second kappa shape index (κ2) is 8.06. The van der Waals surface area contributed by atoms with Gasteiger partial charge in [-0.05, 0) is 46.2 Å². The Hall–Kier alpha value is -0.120. The van der Waals surface area contributed by atoms with Crippen LogP contribution in [0.3, 0.4) is 0 Å². The molecule has 0 bridgehead atoms. The standard InChI is InChI=1S/C14H32N2O/c1-7-8-15-14(5,11-17)10-16(6)13(4)9-12(2)3/h12-13,15,17H,7-11H2,1-6H3. The van der Waals surface area contributed by atoms with Crippen LogP contribution >= 0.6 is 0 Å². The third kappa shape index (κ3) is 7.02. The molecule has 0 rings (SSSR count). The van der Waals surface area contributed by atoms with Crippen LogP contribution in [0.25, 0.3) is 0 Å². The first kappa shape index (κ1) is 16.9. The van der Waals surface area contributed by atoms with Gasteiger partial charge in [-0.15, -0.1) is 0 Å². The normalized spacial score (nSPS) is 17.5. The number of hydrogen-bond donors (Lipinski definition) is 2. The van der Waals surface area contributed by atoms with E-state index >= 15 is 0 Å². The van der Waals surface area contributed by atoms with Crippen LogP contribution < -0.4 is 5.32 Å². The minimum absolute atomic E-state index is 0.185. The van der Waals surface area contributed by atoms with Crippen molar-refractivity contribution in [3.8, 4) is 0 Å². The summed E-state index contributed by atoms with van der Waals surface area (Å²) in [5, 5.41) is 13.0. The Labute approximate surface area is 108 Å². The minimum Gasteiger partial charge on any atom is -0.394 e. The van der Waals surface area contributed by atoms with Gasteiger partial charge in [0.05, 0.1) is 12.1 Å². The smallest absolute Gasteiger partial charge is 0.0623 e. The highest BCUT2D eigenvalue weighted by Gasteiger charge is 2.26. The van der Waals surface area contributed by atoms with Crippen molar-refractivity contribution in [2.75, 3.05) is 26.7 Å². The van der Waals surface area contributed by atoms with Crippen molar-refractivity contribution in [3.05, 3.63) is 0 Å². The summed E-state index contributed by atoms with van der Waals surface area (Å²) in [4.78, 5) is 2.35. The predicted octanol–water partition coefficient (Wildman–Crippen LogP) is 2.10. The zero-order chi connectivity index (χ0) is 13.5. The van der Waals surface area contributed by atoms with Gasteiger partial charge in [0.1, 0.15) is 0 Å². The molecule has 104 valence electrons. The Morgan fingerprint density at radius 2 is 1.88 bits per heavy atom. The van der Waals surface area contributed by atoms with Crippen LogP contribution in [0.1, 0.15) is 47.5 Å². The number of aliphatic hydroxyl groups excluding tert-OH is 1. The van der Waals surface area contributed by atoms with Gasteiger partial charge < -0.3 is 15.3 Å². The molecule has 2 atom stereocenters. The van der Waals surface area contributed by atoms with Gasteiger partial charge in [0.2, 0.25) is 0 Å². The Bertz CT molecular complexity index is 197. The van der Waals surface area contributed by atoms with E-state index in [1.807, 2.05) is 0 Å². The highest BCUT2D eigenvalue weighted by molar-refractivity contribution is 4.86. The van der Waals surface area contributed by atoms with Crippen molar-refractivity contribution in [2.45, 2.75) is 59.0 Å². The molecule has 0 saturated heterocycles. The summed E-state index contributed by atoms with van der Waals surface area (Å²) < 4.78 is 0. The monoisotopic (exact) mass is 244 g/mol. The van der Waals surface area contributed by atoms with E-state index in [2.05, 4.69) is 51.9 Å². The van der Waals surface area contributed by atoms with E-state index < -0.39 is 0 Å². The molecular weight excluding hydrogens is 212 g/mol. The van der Waals surface area contributed by atoms with Crippen LogP contribution in [-0.2, 0) is 0 Å². The van der Waals surface area contributed by atoms with Crippen LogP contribution in [0.15, 0.2) is 0 Å². The average molecular weight is 244 g/mol. The molecule has 0 fully saturated rings. The molecule has 0 aromatic rings. The maximum Gasteiger partial charge on any atom is 0.0623 e. The Morgan fingerprint density at radius 3 is 2.29 bits per heavy atom. The quantitative estimate of drug-likeness (QED) is 0.652. The second-order valence-electron chi connectivity index (χ2n) is 6.04. The van der Waals surface area contributed by atoms with Gasteiger partial charge in [0.25, 0.3) is 0 Å². The van der Waals surface area contributed by atoms with E-state index in [-0.39, 0.29) is 12.1 Å². The average Bonchev–Trinajstić information content (AvgIpc) is 2.25. The van der Waals surface area contributed by atoms with Gasteiger partial charge in [-0.2, -0.15) is 0 Å². The molecule has 3 heteroatoms. The summed E-state index contributed by atoms with van der Waals surface area (Å²) in [7, 11) is 2.15. The highest BCUT2D eigenvalue weighted by Crippen LogP contribution is 2.13. The van der Waals surface area contributed by atoms with Gasteiger partial charge >= 0.3 is 0 Å². The molecule has 0 aliphatic rings. The van der Waals surface area contributed by atoms with Crippen LogP contribution in [-0.4, -0.2) is 48.3 Å². The van der Waals surface area contributed by atoms with Crippen molar-refractivity contribution in [3.63, 3.8) is 0 Å². The maximum absolute atomic E-state index is 9.54. The highest BCUT2D eigenvalue weighted by atomic mass is 16.3. The van der Waals surface area contributed by atoms with Crippen molar-refractivity contribution >= 4 is 0 Å². The van der Waals surface area contributed by atoms with Crippen molar-refractivity contribution in [1.82, 2.24) is 10.2 Å². The molecular formula is C14H32N2O. The lowest BCUT2D eigenvalue weighted by Crippen LogP contribution is -2.55. The molecule has 0 amide bonds. The zero-order valence-corrected chi connectivity index (χ0v) is 12.6. The molecule has 0 aromatic heterocycles. The van der Waals surface area contributed by atoms with E-state index in [9.17, 15) is 5.11 Å². The van der Waals surface area contributed by atoms with Crippen LogP contribution in [0.5, 0.6) is 0 Å². The summed E-state index contributed by atoms with van der Waals surface area (Å²) >= 11 is 0. The maximum atomic E-state index is 9.54. The molecule has 0 radical (unpaired) electrons. The molecule has 0 spiro atoms. The molecule has 3 nitrogen and oxygen atoms in total. The lowest BCUT2D eigenvalue weighted by atomic mass is 9.99. The summed E-state index contributed by atoms with van der Waals surface area (Å²) in [6.07, 6.45) is 2.30. The fourth-order valence-corrected chi connectivity index (χ4v) is 2.16. The zero-order valence-electron chi connectivity index (χ0n) is 12.6.